The van der Waals surface area contributed by atoms with Gasteiger partial charge in [-0.1, -0.05) is 0 Å². The van der Waals surface area contributed by atoms with Crippen LogP contribution in [0.1, 0.15) is 36.7 Å². The molecule has 8 nitrogen and oxygen atoms in total. The molecule has 2 aromatic rings. The van der Waals surface area contributed by atoms with E-state index in [9.17, 15) is 9.59 Å². The molecule has 0 atom stereocenters. The Balaban J connectivity index is 2.12. The third-order valence-electron chi connectivity index (χ3n) is 4.37. The van der Waals surface area contributed by atoms with Crippen molar-refractivity contribution in [3.63, 3.8) is 0 Å². The average Bonchev–Trinajstić information content (AvgIpc) is 2.75. The summed E-state index contributed by atoms with van der Waals surface area (Å²) in [6.07, 6.45) is 1.45. The van der Waals surface area contributed by atoms with E-state index in [4.69, 9.17) is 14.2 Å². The second-order valence-electron chi connectivity index (χ2n) is 6.27. The molecule has 1 N–H and O–H groups in total. The van der Waals surface area contributed by atoms with Gasteiger partial charge in [0.1, 0.15) is 0 Å². The molecule has 8 heteroatoms. The third-order valence-corrected chi connectivity index (χ3v) is 4.37. The maximum Gasteiger partial charge on any atom is 0.308 e. The van der Waals surface area contributed by atoms with Crippen LogP contribution in [-0.2, 0) is 4.79 Å². The molecule has 2 rings (SSSR count). The van der Waals surface area contributed by atoms with Crippen LogP contribution >= 0.6 is 0 Å². The van der Waals surface area contributed by atoms with Gasteiger partial charge in [0.2, 0.25) is 5.75 Å². The first-order valence-electron chi connectivity index (χ1n) is 9.56. The molecule has 1 amide bonds. The maximum atomic E-state index is 12.3. The summed E-state index contributed by atoms with van der Waals surface area (Å²) in [5.41, 5.74) is 4.66. The summed E-state index contributed by atoms with van der Waals surface area (Å²) in [6, 6.07) is 10.6. The highest BCUT2D eigenvalue weighted by Gasteiger charge is 2.15. The number of esters is 1. The lowest BCUT2D eigenvalue weighted by molar-refractivity contribution is -0.132. The molecular formula is C22H27N3O5. The lowest BCUT2D eigenvalue weighted by Crippen LogP contribution is -2.22. The molecule has 0 bridgehead atoms. The van der Waals surface area contributed by atoms with Crippen molar-refractivity contribution in [1.82, 2.24) is 5.43 Å². The van der Waals surface area contributed by atoms with Crippen molar-refractivity contribution in [1.29, 1.82) is 0 Å². The number of carbonyl (C=O) groups is 2. The predicted molar refractivity (Wildman–Crippen MR) is 116 cm³/mol. The Kier molecular flexibility index (Phi) is 8.22. The molecule has 0 saturated heterocycles. The van der Waals surface area contributed by atoms with Crippen molar-refractivity contribution in [2.75, 3.05) is 32.2 Å². The van der Waals surface area contributed by atoms with E-state index in [-0.39, 0.29) is 11.7 Å². The molecule has 0 spiro atoms. The van der Waals surface area contributed by atoms with Crippen molar-refractivity contribution >= 4 is 23.8 Å². The van der Waals surface area contributed by atoms with E-state index in [1.165, 1.54) is 27.4 Å². The van der Waals surface area contributed by atoms with Gasteiger partial charge in [-0.3, -0.25) is 9.59 Å². The molecule has 160 valence electrons. The number of rotatable bonds is 9. The summed E-state index contributed by atoms with van der Waals surface area (Å²) >= 11 is 0. The van der Waals surface area contributed by atoms with Crippen molar-refractivity contribution in [2.45, 2.75) is 20.8 Å². The molecule has 0 aromatic heterocycles. The van der Waals surface area contributed by atoms with E-state index >= 15 is 0 Å². The van der Waals surface area contributed by atoms with Gasteiger partial charge in [-0.15, -0.1) is 0 Å². The Morgan fingerprint density at radius 1 is 1.03 bits per heavy atom. The van der Waals surface area contributed by atoms with Gasteiger partial charge in [0.05, 0.1) is 20.4 Å². The van der Waals surface area contributed by atoms with E-state index in [1.807, 2.05) is 12.1 Å². The first-order valence-corrected chi connectivity index (χ1v) is 9.56. The zero-order chi connectivity index (χ0) is 22.1. The summed E-state index contributed by atoms with van der Waals surface area (Å²) in [4.78, 5) is 25.8. The molecule has 0 saturated carbocycles. The minimum absolute atomic E-state index is 0.182. The van der Waals surface area contributed by atoms with Gasteiger partial charge in [0.15, 0.2) is 11.5 Å². The summed E-state index contributed by atoms with van der Waals surface area (Å²) < 4.78 is 15.7. The smallest absolute Gasteiger partial charge is 0.308 e. The van der Waals surface area contributed by atoms with Crippen molar-refractivity contribution in [3.05, 3.63) is 47.5 Å². The number of methoxy groups -OCH3 is 2. The minimum Gasteiger partial charge on any atom is -0.493 e. The molecule has 30 heavy (non-hydrogen) atoms. The van der Waals surface area contributed by atoms with Crippen molar-refractivity contribution < 1.29 is 23.8 Å². The standard InChI is InChI=1S/C22H27N3O5/c1-6-25(7-2)18-10-8-17(9-11-18)22(27)24-23-14-16-12-19(28-4)21(30-15(3)26)20(13-16)29-5/h8-14H,6-7H2,1-5H3,(H,24,27)/b23-14-. The number of benzene rings is 2. The van der Waals surface area contributed by atoms with Crippen LogP contribution in [0.2, 0.25) is 0 Å². The van der Waals surface area contributed by atoms with Crippen LogP contribution in [0.15, 0.2) is 41.5 Å². The molecule has 2 aromatic carbocycles. The second kappa shape index (κ2) is 10.8. The molecule has 0 aliphatic rings. The second-order valence-corrected chi connectivity index (χ2v) is 6.27. The van der Waals surface area contributed by atoms with Crippen molar-refractivity contribution in [3.8, 4) is 17.2 Å². The number of hydrazone groups is 1. The van der Waals surface area contributed by atoms with Gasteiger partial charge in [-0.05, 0) is 50.2 Å². The fourth-order valence-electron chi connectivity index (χ4n) is 2.86. The summed E-state index contributed by atoms with van der Waals surface area (Å²) in [5, 5.41) is 4.00. The van der Waals surface area contributed by atoms with Gasteiger partial charge in [-0.25, -0.2) is 5.43 Å². The Bertz CT molecular complexity index is 880. The Hall–Kier alpha value is -3.55. The molecule has 0 fully saturated rings. The van der Waals surface area contributed by atoms with E-state index in [0.29, 0.717) is 22.6 Å². The lowest BCUT2D eigenvalue weighted by atomic mass is 10.2. The largest absolute Gasteiger partial charge is 0.493 e. The predicted octanol–water partition coefficient (Wildman–Crippen LogP) is 3.24. The molecule has 0 aliphatic heterocycles. The van der Waals surface area contributed by atoms with Crippen LogP contribution in [0, 0.1) is 0 Å². The SMILES string of the molecule is CCN(CC)c1ccc(C(=O)N/N=C\c2cc(OC)c(OC(C)=O)c(OC)c2)cc1. The highest BCUT2D eigenvalue weighted by atomic mass is 16.6. The fraction of sp³-hybridized carbons (Fsp3) is 0.318. The minimum atomic E-state index is -0.493. The Morgan fingerprint density at radius 2 is 1.60 bits per heavy atom. The Labute approximate surface area is 176 Å². The molecule has 0 aliphatic carbocycles. The summed E-state index contributed by atoms with van der Waals surface area (Å²) in [6.45, 7) is 7.26. The van der Waals surface area contributed by atoms with Crippen LogP contribution < -0.4 is 24.5 Å². The number of nitrogens with zero attached hydrogens (tertiary/aromatic N) is 2. The first-order chi connectivity index (χ1) is 14.4. The number of hydrogen-bond acceptors (Lipinski definition) is 7. The van der Waals surface area contributed by atoms with Crippen LogP contribution in [-0.4, -0.2) is 45.4 Å². The first kappa shape index (κ1) is 22.7. The highest BCUT2D eigenvalue weighted by Crippen LogP contribution is 2.38. The normalized spacial score (nSPS) is 10.6. The molecule has 0 unspecified atom stereocenters. The summed E-state index contributed by atoms with van der Waals surface area (Å²) in [7, 11) is 2.90. The van der Waals surface area contributed by atoms with Crippen LogP contribution in [0.4, 0.5) is 5.69 Å². The number of hydrogen-bond donors (Lipinski definition) is 1. The van der Waals surface area contributed by atoms with Crippen LogP contribution in [0.3, 0.4) is 0 Å². The zero-order valence-electron chi connectivity index (χ0n) is 17.9. The lowest BCUT2D eigenvalue weighted by Gasteiger charge is -2.20. The van der Waals surface area contributed by atoms with Crippen molar-refractivity contribution in [2.24, 2.45) is 5.10 Å². The Morgan fingerprint density at radius 3 is 2.07 bits per heavy atom. The van der Waals surface area contributed by atoms with Crippen LogP contribution in [0.25, 0.3) is 0 Å². The van der Waals surface area contributed by atoms with E-state index in [1.54, 1.807) is 24.3 Å². The van der Waals surface area contributed by atoms with Gasteiger partial charge >= 0.3 is 5.97 Å². The van der Waals surface area contributed by atoms with Gasteiger partial charge in [0.25, 0.3) is 5.91 Å². The highest BCUT2D eigenvalue weighted by molar-refractivity contribution is 5.95. The zero-order valence-corrected chi connectivity index (χ0v) is 17.9. The third kappa shape index (κ3) is 5.73. The average molecular weight is 413 g/mol. The maximum absolute atomic E-state index is 12.3. The quantitative estimate of drug-likeness (QED) is 0.294. The number of carbonyl (C=O) groups excluding carboxylic acids is 2. The number of amides is 1. The van der Waals surface area contributed by atoms with E-state index in [0.717, 1.165) is 18.8 Å². The number of ether oxygens (including phenoxy) is 3. The molecule has 0 heterocycles. The fourth-order valence-corrected chi connectivity index (χ4v) is 2.86. The van der Waals surface area contributed by atoms with Gasteiger partial charge < -0.3 is 19.1 Å². The molecule has 0 radical (unpaired) electrons. The molecular weight excluding hydrogens is 386 g/mol. The topological polar surface area (TPSA) is 89.5 Å². The van der Waals surface area contributed by atoms with E-state index in [2.05, 4.69) is 29.3 Å². The summed E-state index contributed by atoms with van der Waals surface area (Å²) in [5.74, 6) is -0.0179. The van der Waals surface area contributed by atoms with Crippen LogP contribution in [0.5, 0.6) is 17.2 Å². The monoisotopic (exact) mass is 413 g/mol. The number of nitrogens with one attached hydrogen (secondary N) is 1. The van der Waals surface area contributed by atoms with E-state index < -0.39 is 5.97 Å². The van der Waals surface area contributed by atoms with Gasteiger partial charge in [0, 0.05) is 36.8 Å². The number of anilines is 1. The van der Waals surface area contributed by atoms with Gasteiger partial charge in [-0.2, -0.15) is 5.10 Å².